The number of nitrogens with zero attached hydrogens (tertiary/aromatic N) is 5. The normalized spacial score (nSPS) is 29.7. The number of carbonyl (C=O) groups excluding carboxylic acids is 2. The Hall–Kier alpha value is -2.48. The summed E-state index contributed by atoms with van der Waals surface area (Å²) in [4.78, 5) is 33.3. The van der Waals surface area contributed by atoms with E-state index in [4.69, 9.17) is 0 Å². The zero-order valence-electron chi connectivity index (χ0n) is 16.8. The Kier molecular flexibility index (Phi) is 4.73. The molecule has 3 aliphatic heterocycles. The van der Waals surface area contributed by atoms with Crippen molar-refractivity contribution in [2.45, 2.75) is 51.2 Å². The number of rotatable bonds is 4. The van der Waals surface area contributed by atoms with Gasteiger partial charge in [0.1, 0.15) is 6.33 Å². The molecule has 3 aliphatic rings. The number of piperidine rings is 3. The summed E-state index contributed by atoms with van der Waals surface area (Å²) < 4.78 is 1.78. The van der Waals surface area contributed by atoms with E-state index in [1.54, 1.807) is 17.8 Å². The summed E-state index contributed by atoms with van der Waals surface area (Å²) in [6, 6.07) is 4.63. The molecule has 2 amide bonds. The molecule has 5 rings (SSSR count). The number of likely N-dealkylation sites (tertiary alicyclic amines) is 1. The predicted octanol–water partition coefficient (Wildman–Crippen LogP) is 1.07. The summed E-state index contributed by atoms with van der Waals surface area (Å²) in [5.74, 6) is 1.17. The van der Waals surface area contributed by atoms with Gasteiger partial charge in [-0.3, -0.25) is 14.5 Å². The third kappa shape index (κ3) is 3.50. The first kappa shape index (κ1) is 18.5. The van der Waals surface area contributed by atoms with Crippen molar-refractivity contribution in [2.75, 3.05) is 19.6 Å². The van der Waals surface area contributed by atoms with Crippen LogP contribution in [0.15, 0.2) is 24.7 Å². The fourth-order valence-electron chi connectivity index (χ4n) is 5.73. The Balaban J connectivity index is 1.37. The molecule has 1 N–H and O–H groups in total. The number of aromatic nitrogens is 3. The van der Waals surface area contributed by atoms with Crippen molar-refractivity contribution in [3.63, 3.8) is 0 Å². The SMILES string of the molecule is CC(=O)NC[C@H]1[C@H]2C[C@H](CN(Cc3ccn4ncnc4c3)C2)[C@@H]2CCCC(=O)N21. The van der Waals surface area contributed by atoms with E-state index >= 15 is 0 Å². The van der Waals surface area contributed by atoms with Gasteiger partial charge in [-0.2, -0.15) is 5.10 Å². The summed E-state index contributed by atoms with van der Waals surface area (Å²) in [6.45, 7) is 4.97. The lowest BCUT2D eigenvalue weighted by atomic mass is 9.72. The number of fused-ring (bicyclic) bond motifs is 5. The average Bonchev–Trinajstić information content (AvgIpc) is 3.16. The van der Waals surface area contributed by atoms with E-state index in [1.165, 1.54) is 5.56 Å². The quantitative estimate of drug-likeness (QED) is 0.836. The van der Waals surface area contributed by atoms with E-state index in [-0.39, 0.29) is 17.9 Å². The van der Waals surface area contributed by atoms with Crippen molar-refractivity contribution in [3.05, 3.63) is 30.2 Å². The van der Waals surface area contributed by atoms with Crippen LogP contribution in [-0.2, 0) is 16.1 Å². The molecule has 0 radical (unpaired) electrons. The Morgan fingerprint density at radius 2 is 2.17 bits per heavy atom. The second-order valence-electron chi connectivity index (χ2n) is 8.81. The molecule has 0 spiro atoms. The minimum absolute atomic E-state index is 0.0255. The van der Waals surface area contributed by atoms with Gasteiger partial charge < -0.3 is 10.2 Å². The highest BCUT2D eigenvalue weighted by molar-refractivity contribution is 5.78. The molecule has 8 nitrogen and oxygen atoms in total. The topological polar surface area (TPSA) is 82.8 Å². The van der Waals surface area contributed by atoms with Gasteiger partial charge in [-0.25, -0.2) is 9.50 Å². The standard InChI is InChI=1S/C21H28N6O2/c1-14(28)22-9-19-17-8-16(18-3-2-4-21(29)27(18)19)11-25(12-17)10-15-5-6-26-20(7-15)23-13-24-26/h5-7,13,16-19H,2-4,8-12H2,1H3,(H,22,28)/t16-,17+,18+,19+/m1/s1. The van der Waals surface area contributed by atoms with Gasteiger partial charge >= 0.3 is 0 Å². The van der Waals surface area contributed by atoms with Crippen LogP contribution in [0.1, 0.15) is 38.2 Å². The number of hydrogen-bond donors (Lipinski definition) is 1. The smallest absolute Gasteiger partial charge is 0.223 e. The Bertz CT molecular complexity index is 927. The minimum Gasteiger partial charge on any atom is -0.354 e. The van der Waals surface area contributed by atoms with Gasteiger partial charge in [-0.15, -0.1) is 0 Å². The first-order valence-electron chi connectivity index (χ1n) is 10.6. The van der Waals surface area contributed by atoms with Crippen molar-refractivity contribution in [1.29, 1.82) is 0 Å². The van der Waals surface area contributed by atoms with Crippen LogP contribution in [0.5, 0.6) is 0 Å². The zero-order valence-corrected chi connectivity index (χ0v) is 16.8. The monoisotopic (exact) mass is 396 g/mol. The van der Waals surface area contributed by atoms with Gasteiger partial charge in [-0.1, -0.05) is 0 Å². The maximum atomic E-state index is 12.8. The van der Waals surface area contributed by atoms with Crippen LogP contribution in [0.3, 0.4) is 0 Å². The summed E-state index contributed by atoms with van der Waals surface area (Å²) in [5.41, 5.74) is 2.10. The van der Waals surface area contributed by atoms with Crippen LogP contribution >= 0.6 is 0 Å². The first-order valence-corrected chi connectivity index (χ1v) is 10.6. The average molecular weight is 396 g/mol. The van der Waals surface area contributed by atoms with Gasteiger partial charge in [0, 0.05) is 51.8 Å². The molecule has 2 bridgehead atoms. The molecule has 0 aliphatic carbocycles. The van der Waals surface area contributed by atoms with Gasteiger partial charge in [0.25, 0.3) is 0 Å². The molecule has 3 fully saturated rings. The molecular formula is C21H28N6O2. The van der Waals surface area contributed by atoms with Crippen LogP contribution < -0.4 is 5.32 Å². The molecule has 29 heavy (non-hydrogen) atoms. The van der Waals surface area contributed by atoms with Crippen LogP contribution in [0.4, 0.5) is 0 Å². The molecule has 0 aromatic carbocycles. The summed E-state index contributed by atoms with van der Waals surface area (Å²) in [5, 5.41) is 7.15. The Labute approximate surface area is 170 Å². The maximum absolute atomic E-state index is 12.8. The fraction of sp³-hybridized carbons (Fsp3) is 0.619. The lowest BCUT2D eigenvalue weighted by Gasteiger charge is -2.56. The molecule has 0 unspecified atom stereocenters. The summed E-state index contributed by atoms with van der Waals surface area (Å²) >= 11 is 0. The van der Waals surface area contributed by atoms with Gasteiger partial charge in [0.2, 0.25) is 11.8 Å². The third-order valence-corrected chi connectivity index (χ3v) is 6.88. The van der Waals surface area contributed by atoms with Crippen molar-refractivity contribution in [2.24, 2.45) is 11.8 Å². The van der Waals surface area contributed by atoms with E-state index in [0.717, 1.165) is 44.5 Å². The van der Waals surface area contributed by atoms with Gasteiger partial charge in [0.05, 0.1) is 6.04 Å². The molecule has 2 aromatic rings. The lowest BCUT2D eigenvalue weighted by Crippen LogP contribution is -2.66. The molecule has 2 aromatic heterocycles. The van der Waals surface area contributed by atoms with Crippen molar-refractivity contribution < 1.29 is 9.59 Å². The second-order valence-corrected chi connectivity index (χ2v) is 8.81. The molecule has 0 saturated carbocycles. The number of pyridine rings is 1. The number of nitrogens with one attached hydrogen (secondary N) is 1. The predicted molar refractivity (Wildman–Crippen MR) is 107 cm³/mol. The highest BCUT2D eigenvalue weighted by Gasteiger charge is 2.49. The number of hydrogen-bond acceptors (Lipinski definition) is 5. The lowest BCUT2D eigenvalue weighted by molar-refractivity contribution is -0.153. The fourth-order valence-corrected chi connectivity index (χ4v) is 5.73. The molecule has 4 atom stereocenters. The summed E-state index contributed by atoms with van der Waals surface area (Å²) in [7, 11) is 0. The van der Waals surface area contributed by atoms with Crippen LogP contribution in [0.2, 0.25) is 0 Å². The van der Waals surface area contributed by atoms with E-state index in [1.807, 2.05) is 6.20 Å². The second kappa shape index (κ2) is 7.40. The van der Waals surface area contributed by atoms with Crippen LogP contribution in [-0.4, -0.2) is 67.9 Å². The molecule has 5 heterocycles. The van der Waals surface area contributed by atoms with Crippen molar-refractivity contribution >= 4 is 17.5 Å². The van der Waals surface area contributed by atoms with Crippen LogP contribution in [0.25, 0.3) is 5.65 Å². The highest BCUT2D eigenvalue weighted by atomic mass is 16.2. The van der Waals surface area contributed by atoms with Gasteiger partial charge in [0.15, 0.2) is 5.65 Å². The Morgan fingerprint density at radius 3 is 3.03 bits per heavy atom. The van der Waals surface area contributed by atoms with E-state index in [0.29, 0.717) is 30.8 Å². The maximum Gasteiger partial charge on any atom is 0.223 e. The first-order chi connectivity index (χ1) is 14.1. The van der Waals surface area contributed by atoms with E-state index in [2.05, 4.69) is 37.3 Å². The third-order valence-electron chi connectivity index (χ3n) is 6.88. The van der Waals surface area contributed by atoms with E-state index in [9.17, 15) is 9.59 Å². The molecule has 8 heteroatoms. The largest absolute Gasteiger partial charge is 0.354 e. The van der Waals surface area contributed by atoms with Crippen LogP contribution in [0, 0.1) is 11.8 Å². The summed E-state index contributed by atoms with van der Waals surface area (Å²) in [6.07, 6.45) is 7.40. The molecule has 154 valence electrons. The van der Waals surface area contributed by atoms with Crippen molar-refractivity contribution in [1.82, 2.24) is 29.7 Å². The van der Waals surface area contributed by atoms with E-state index < -0.39 is 0 Å². The highest BCUT2D eigenvalue weighted by Crippen LogP contribution is 2.41. The molecule has 3 saturated heterocycles. The zero-order chi connectivity index (χ0) is 20.0. The molecular weight excluding hydrogens is 368 g/mol. The Morgan fingerprint density at radius 1 is 1.31 bits per heavy atom. The van der Waals surface area contributed by atoms with Crippen molar-refractivity contribution in [3.8, 4) is 0 Å². The number of amides is 2. The minimum atomic E-state index is -0.0255. The number of carbonyl (C=O) groups is 2. The van der Waals surface area contributed by atoms with Gasteiger partial charge in [-0.05, 0) is 48.8 Å².